The fourth-order valence-electron chi connectivity index (χ4n) is 2.71. The molecule has 2 N–H and O–H groups in total. The van der Waals surface area contributed by atoms with Crippen LogP contribution in [0.3, 0.4) is 0 Å². The molecule has 1 fully saturated rings. The maximum absolute atomic E-state index is 5.86. The Hall–Kier alpha value is -0.540. The van der Waals surface area contributed by atoms with Crippen LogP contribution in [-0.4, -0.2) is 19.6 Å². The molecule has 94 valence electrons. The lowest BCUT2D eigenvalue weighted by atomic mass is 9.74. The van der Waals surface area contributed by atoms with Gasteiger partial charge in [0.25, 0.3) is 0 Å². The van der Waals surface area contributed by atoms with Gasteiger partial charge < -0.3 is 10.6 Å². The van der Waals surface area contributed by atoms with E-state index in [4.69, 9.17) is 5.73 Å². The number of nitrogens with zero attached hydrogens (tertiary/aromatic N) is 1. The molecular formula is C14H21BrN2. The van der Waals surface area contributed by atoms with Crippen molar-refractivity contribution in [3.63, 3.8) is 0 Å². The molecule has 1 unspecified atom stereocenters. The summed E-state index contributed by atoms with van der Waals surface area (Å²) in [6.07, 6.45) is 1.19. The van der Waals surface area contributed by atoms with Crippen molar-refractivity contribution in [2.75, 3.05) is 24.5 Å². The molecule has 0 aromatic heterocycles. The number of hydrogen-bond donors (Lipinski definition) is 1. The minimum atomic E-state index is 0.306. The standard InChI is InChI=1S/C14H21BrN2/c1-14(2)10-17(8-7-11(14)9-16)13-5-3-12(15)4-6-13/h3-6,11H,7-10,16H2,1-2H3. The Balaban J connectivity index is 2.12. The molecule has 0 radical (unpaired) electrons. The zero-order chi connectivity index (χ0) is 12.5. The highest BCUT2D eigenvalue weighted by Gasteiger charge is 2.34. The van der Waals surface area contributed by atoms with Gasteiger partial charge in [0, 0.05) is 23.2 Å². The Kier molecular flexibility index (Phi) is 3.79. The van der Waals surface area contributed by atoms with Gasteiger partial charge in [0.1, 0.15) is 0 Å². The number of benzene rings is 1. The van der Waals surface area contributed by atoms with E-state index in [9.17, 15) is 0 Å². The van der Waals surface area contributed by atoms with Gasteiger partial charge in [-0.1, -0.05) is 29.8 Å². The summed E-state index contributed by atoms with van der Waals surface area (Å²) in [5.74, 6) is 0.647. The van der Waals surface area contributed by atoms with E-state index in [-0.39, 0.29) is 0 Å². The molecule has 0 amide bonds. The summed E-state index contributed by atoms with van der Waals surface area (Å²) < 4.78 is 1.14. The minimum absolute atomic E-state index is 0.306. The van der Waals surface area contributed by atoms with E-state index in [1.54, 1.807) is 0 Å². The third-order valence-corrected chi connectivity index (χ3v) is 4.46. The zero-order valence-electron chi connectivity index (χ0n) is 10.6. The van der Waals surface area contributed by atoms with Crippen LogP contribution in [0.1, 0.15) is 20.3 Å². The molecule has 1 aromatic carbocycles. The molecule has 1 aromatic rings. The number of piperidine rings is 1. The first kappa shape index (κ1) is 12.9. The smallest absolute Gasteiger partial charge is 0.0367 e. The number of hydrogen-bond acceptors (Lipinski definition) is 2. The monoisotopic (exact) mass is 296 g/mol. The molecule has 1 saturated heterocycles. The van der Waals surface area contributed by atoms with Gasteiger partial charge in [0.15, 0.2) is 0 Å². The molecule has 2 nitrogen and oxygen atoms in total. The normalized spacial score (nSPS) is 23.8. The second-order valence-electron chi connectivity index (χ2n) is 5.61. The van der Waals surface area contributed by atoms with E-state index in [1.807, 2.05) is 0 Å². The minimum Gasteiger partial charge on any atom is -0.371 e. The Bertz CT molecular complexity index is 372. The third kappa shape index (κ3) is 2.83. The van der Waals surface area contributed by atoms with Crippen molar-refractivity contribution in [2.45, 2.75) is 20.3 Å². The summed E-state index contributed by atoms with van der Waals surface area (Å²) in [5.41, 5.74) is 7.48. The predicted molar refractivity (Wildman–Crippen MR) is 77.3 cm³/mol. The third-order valence-electron chi connectivity index (χ3n) is 3.93. The molecule has 0 saturated carbocycles. The van der Waals surface area contributed by atoms with Crippen molar-refractivity contribution in [3.8, 4) is 0 Å². The summed E-state index contributed by atoms with van der Waals surface area (Å²) in [4.78, 5) is 2.47. The van der Waals surface area contributed by atoms with Crippen molar-refractivity contribution in [1.29, 1.82) is 0 Å². The summed E-state index contributed by atoms with van der Waals surface area (Å²) in [5, 5.41) is 0. The Morgan fingerprint density at radius 2 is 2.00 bits per heavy atom. The van der Waals surface area contributed by atoms with Crippen LogP contribution in [0.2, 0.25) is 0 Å². The summed E-state index contributed by atoms with van der Waals surface area (Å²) in [7, 11) is 0. The van der Waals surface area contributed by atoms with Gasteiger partial charge >= 0.3 is 0 Å². The van der Waals surface area contributed by atoms with Crippen LogP contribution >= 0.6 is 15.9 Å². The van der Waals surface area contributed by atoms with Gasteiger partial charge in [-0.2, -0.15) is 0 Å². The van der Waals surface area contributed by atoms with E-state index in [1.165, 1.54) is 12.1 Å². The van der Waals surface area contributed by atoms with Crippen LogP contribution in [0, 0.1) is 11.3 Å². The molecule has 0 aliphatic carbocycles. The van der Waals surface area contributed by atoms with Crippen molar-refractivity contribution < 1.29 is 0 Å². The van der Waals surface area contributed by atoms with Gasteiger partial charge in [-0.15, -0.1) is 0 Å². The van der Waals surface area contributed by atoms with Crippen molar-refractivity contribution in [1.82, 2.24) is 0 Å². The number of anilines is 1. The van der Waals surface area contributed by atoms with Crippen LogP contribution in [0.15, 0.2) is 28.7 Å². The Morgan fingerprint density at radius 3 is 2.53 bits per heavy atom. The SMILES string of the molecule is CC1(C)CN(c2ccc(Br)cc2)CCC1CN. The Labute approximate surface area is 112 Å². The van der Waals surface area contributed by atoms with Gasteiger partial charge in [-0.05, 0) is 48.6 Å². The first-order valence-electron chi connectivity index (χ1n) is 6.23. The van der Waals surface area contributed by atoms with Gasteiger partial charge in [-0.3, -0.25) is 0 Å². The highest BCUT2D eigenvalue weighted by molar-refractivity contribution is 9.10. The second kappa shape index (κ2) is 4.99. The van der Waals surface area contributed by atoms with Crippen LogP contribution in [-0.2, 0) is 0 Å². The lowest BCUT2D eigenvalue weighted by molar-refractivity contribution is 0.182. The Morgan fingerprint density at radius 1 is 1.35 bits per heavy atom. The number of nitrogens with two attached hydrogens (primary N) is 1. The van der Waals surface area contributed by atoms with E-state index in [2.05, 4.69) is 58.9 Å². The van der Waals surface area contributed by atoms with Gasteiger partial charge in [0.05, 0.1) is 0 Å². The fourth-order valence-corrected chi connectivity index (χ4v) is 2.98. The topological polar surface area (TPSA) is 29.3 Å². The quantitative estimate of drug-likeness (QED) is 0.908. The largest absolute Gasteiger partial charge is 0.371 e. The van der Waals surface area contributed by atoms with E-state index < -0.39 is 0 Å². The summed E-state index contributed by atoms with van der Waals surface area (Å²) >= 11 is 3.48. The average Bonchev–Trinajstić information content (AvgIpc) is 2.28. The summed E-state index contributed by atoms with van der Waals surface area (Å²) in [6, 6.07) is 8.58. The van der Waals surface area contributed by atoms with Crippen molar-refractivity contribution in [3.05, 3.63) is 28.7 Å². The molecule has 3 heteroatoms. The lowest BCUT2D eigenvalue weighted by Crippen LogP contribution is -2.48. The molecule has 1 heterocycles. The van der Waals surface area contributed by atoms with Crippen LogP contribution in [0.4, 0.5) is 5.69 Å². The van der Waals surface area contributed by atoms with Crippen molar-refractivity contribution >= 4 is 21.6 Å². The highest BCUT2D eigenvalue weighted by Crippen LogP contribution is 2.36. The lowest BCUT2D eigenvalue weighted by Gasteiger charge is -2.45. The molecule has 0 spiro atoms. The van der Waals surface area contributed by atoms with Crippen LogP contribution in [0.25, 0.3) is 0 Å². The molecule has 1 aliphatic heterocycles. The van der Waals surface area contributed by atoms with E-state index in [0.29, 0.717) is 11.3 Å². The molecule has 17 heavy (non-hydrogen) atoms. The van der Waals surface area contributed by atoms with Crippen LogP contribution < -0.4 is 10.6 Å². The highest BCUT2D eigenvalue weighted by atomic mass is 79.9. The molecule has 1 atom stereocenters. The van der Waals surface area contributed by atoms with E-state index in [0.717, 1.165) is 24.1 Å². The van der Waals surface area contributed by atoms with E-state index >= 15 is 0 Å². The predicted octanol–water partition coefficient (Wildman–Crippen LogP) is 3.26. The number of halogens is 1. The molecule has 1 aliphatic rings. The number of rotatable bonds is 2. The first-order chi connectivity index (χ1) is 8.03. The van der Waals surface area contributed by atoms with Gasteiger partial charge in [-0.25, -0.2) is 0 Å². The molecular weight excluding hydrogens is 276 g/mol. The maximum atomic E-state index is 5.86. The molecule has 0 bridgehead atoms. The summed E-state index contributed by atoms with van der Waals surface area (Å²) in [6.45, 7) is 7.68. The van der Waals surface area contributed by atoms with Crippen molar-refractivity contribution in [2.24, 2.45) is 17.1 Å². The van der Waals surface area contributed by atoms with Crippen LogP contribution in [0.5, 0.6) is 0 Å². The fraction of sp³-hybridized carbons (Fsp3) is 0.571. The van der Waals surface area contributed by atoms with Gasteiger partial charge in [0.2, 0.25) is 0 Å². The second-order valence-corrected chi connectivity index (χ2v) is 6.52. The maximum Gasteiger partial charge on any atom is 0.0367 e. The average molecular weight is 297 g/mol. The zero-order valence-corrected chi connectivity index (χ0v) is 12.2. The first-order valence-corrected chi connectivity index (χ1v) is 7.03. The molecule has 2 rings (SSSR count).